The van der Waals surface area contributed by atoms with E-state index < -0.39 is 29.0 Å². The van der Waals surface area contributed by atoms with E-state index in [0.29, 0.717) is 5.56 Å². The van der Waals surface area contributed by atoms with Gasteiger partial charge in [-0.05, 0) is 30.7 Å². The van der Waals surface area contributed by atoms with Crippen LogP contribution in [0, 0.1) is 12.7 Å². The number of aryl methyl sites for hydroxylation is 1. The van der Waals surface area contributed by atoms with Gasteiger partial charge in [0.2, 0.25) is 0 Å². The third-order valence-electron chi connectivity index (χ3n) is 2.95. The Morgan fingerprint density at radius 1 is 1.10 bits per heavy atom. The molecule has 21 heavy (non-hydrogen) atoms. The molecule has 0 heterocycles. The van der Waals surface area contributed by atoms with E-state index in [1.54, 1.807) is 19.1 Å². The molecule has 3 N–H and O–H groups in total. The Morgan fingerprint density at radius 3 is 2.38 bits per heavy atom. The van der Waals surface area contributed by atoms with E-state index in [-0.39, 0.29) is 11.3 Å². The Labute approximate surface area is 119 Å². The largest absolute Gasteiger partial charge is 0.507 e. The first kappa shape index (κ1) is 14.5. The van der Waals surface area contributed by atoms with Gasteiger partial charge in [-0.2, -0.15) is 0 Å². The third-order valence-corrected chi connectivity index (χ3v) is 2.95. The van der Waals surface area contributed by atoms with Crippen molar-refractivity contribution < 1.29 is 24.2 Å². The van der Waals surface area contributed by atoms with Crippen molar-refractivity contribution in [1.29, 1.82) is 0 Å². The number of rotatable bonds is 3. The number of aromatic hydroxyl groups is 1. The monoisotopic (exact) mass is 289 g/mol. The highest BCUT2D eigenvalue weighted by molar-refractivity contribution is 6.09. The van der Waals surface area contributed by atoms with Gasteiger partial charge in [0.15, 0.2) is 0 Å². The molecule has 6 heteroatoms. The second-order valence-corrected chi connectivity index (χ2v) is 4.39. The molecule has 0 aromatic heterocycles. The van der Waals surface area contributed by atoms with Gasteiger partial charge in [0.05, 0.1) is 11.3 Å². The summed E-state index contributed by atoms with van der Waals surface area (Å²) in [4.78, 5) is 23.3. The Balaban J connectivity index is 2.42. The molecule has 0 aliphatic rings. The summed E-state index contributed by atoms with van der Waals surface area (Å²) < 4.78 is 13.6. The van der Waals surface area contributed by atoms with Crippen LogP contribution in [-0.2, 0) is 0 Å². The van der Waals surface area contributed by atoms with Crippen LogP contribution in [0.25, 0.3) is 0 Å². The number of nitrogens with one attached hydrogen (secondary N) is 1. The van der Waals surface area contributed by atoms with E-state index in [4.69, 9.17) is 5.11 Å². The average molecular weight is 289 g/mol. The number of phenolic OH excluding ortho intramolecular Hbond substituents is 1. The number of carbonyl (C=O) groups excluding carboxylic acids is 1. The highest BCUT2D eigenvalue weighted by Crippen LogP contribution is 2.24. The van der Waals surface area contributed by atoms with Gasteiger partial charge in [-0.15, -0.1) is 0 Å². The average Bonchev–Trinajstić information content (AvgIpc) is 2.37. The van der Waals surface area contributed by atoms with Crippen molar-refractivity contribution in [2.75, 3.05) is 5.32 Å². The molecule has 5 nitrogen and oxygen atoms in total. The van der Waals surface area contributed by atoms with E-state index in [1.807, 2.05) is 0 Å². The number of aromatic carboxylic acids is 1. The molecule has 2 rings (SSSR count). The number of carbonyl (C=O) groups is 2. The fourth-order valence-electron chi connectivity index (χ4n) is 1.98. The van der Waals surface area contributed by atoms with Crippen molar-refractivity contribution in [3.63, 3.8) is 0 Å². The SMILES string of the molecule is Cc1cccc(NC(=O)c2c(O)cccc2F)c1C(=O)O. The predicted molar refractivity (Wildman–Crippen MR) is 74.2 cm³/mol. The topological polar surface area (TPSA) is 86.6 Å². The summed E-state index contributed by atoms with van der Waals surface area (Å²) in [6, 6.07) is 8.01. The fourth-order valence-corrected chi connectivity index (χ4v) is 1.98. The minimum atomic E-state index is -1.21. The molecule has 0 atom stereocenters. The molecule has 0 aliphatic heterocycles. The van der Waals surface area contributed by atoms with E-state index in [9.17, 15) is 19.1 Å². The summed E-state index contributed by atoms with van der Waals surface area (Å²) >= 11 is 0. The summed E-state index contributed by atoms with van der Waals surface area (Å²) in [6.45, 7) is 1.58. The number of halogens is 1. The normalized spacial score (nSPS) is 10.2. The van der Waals surface area contributed by atoms with Crippen LogP contribution in [0.2, 0.25) is 0 Å². The number of carboxylic acid groups (broad SMARTS) is 1. The molecule has 0 unspecified atom stereocenters. The van der Waals surface area contributed by atoms with Crippen LogP contribution in [0.15, 0.2) is 36.4 Å². The van der Waals surface area contributed by atoms with Crippen LogP contribution in [0.4, 0.5) is 10.1 Å². The summed E-state index contributed by atoms with van der Waals surface area (Å²) in [5.74, 6) is -3.53. The third kappa shape index (κ3) is 2.84. The number of amides is 1. The second kappa shape index (κ2) is 5.62. The number of carboxylic acids is 1. The molecule has 0 saturated heterocycles. The Morgan fingerprint density at radius 2 is 1.76 bits per heavy atom. The van der Waals surface area contributed by atoms with Crippen LogP contribution in [-0.4, -0.2) is 22.1 Å². The van der Waals surface area contributed by atoms with Gasteiger partial charge in [0, 0.05) is 0 Å². The van der Waals surface area contributed by atoms with Gasteiger partial charge in [-0.1, -0.05) is 18.2 Å². The lowest BCUT2D eigenvalue weighted by Gasteiger charge is -2.11. The maximum absolute atomic E-state index is 13.6. The lowest BCUT2D eigenvalue weighted by atomic mass is 10.1. The molecule has 0 fully saturated rings. The molecule has 1 amide bonds. The first-order valence-corrected chi connectivity index (χ1v) is 6.03. The van der Waals surface area contributed by atoms with E-state index in [0.717, 1.165) is 6.07 Å². The van der Waals surface area contributed by atoms with Crippen LogP contribution < -0.4 is 5.32 Å². The molecule has 0 aliphatic carbocycles. The zero-order valence-corrected chi connectivity index (χ0v) is 11.1. The van der Waals surface area contributed by atoms with E-state index in [2.05, 4.69) is 5.32 Å². The van der Waals surface area contributed by atoms with Gasteiger partial charge in [-0.25, -0.2) is 9.18 Å². The number of benzene rings is 2. The zero-order valence-electron chi connectivity index (χ0n) is 11.1. The standard InChI is InChI=1S/C15H12FNO4/c1-8-4-2-6-10(12(8)15(20)21)17-14(19)13-9(16)5-3-7-11(13)18/h2-7,18H,1H3,(H,17,19)(H,20,21). The quantitative estimate of drug-likeness (QED) is 0.811. The molecule has 108 valence electrons. The predicted octanol–water partition coefficient (Wildman–Crippen LogP) is 2.79. The van der Waals surface area contributed by atoms with Crippen LogP contribution >= 0.6 is 0 Å². The van der Waals surface area contributed by atoms with Crippen LogP contribution in [0.5, 0.6) is 5.75 Å². The number of anilines is 1. The van der Waals surface area contributed by atoms with Gasteiger partial charge >= 0.3 is 5.97 Å². The van der Waals surface area contributed by atoms with Crippen molar-refractivity contribution in [3.8, 4) is 5.75 Å². The summed E-state index contributed by atoms with van der Waals surface area (Å²) in [5.41, 5.74) is -0.120. The molecule has 2 aromatic rings. The molecular formula is C15H12FNO4. The summed E-state index contributed by atoms with van der Waals surface area (Å²) in [6.07, 6.45) is 0. The van der Waals surface area contributed by atoms with Crippen LogP contribution in [0.1, 0.15) is 26.3 Å². The van der Waals surface area contributed by atoms with Crippen molar-refractivity contribution >= 4 is 17.6 Å². The number of hydrogen-bond donors (Lipinski definition) is 3. The van der Waals surface area contributed by atoms with Crippen LogP contribution in [0.3, 0.4) is 0 Å². The Hall–Kier alpha value is -2.89. The molecular weight excluding hydrogens is 277 g/mol. The van der Waals surface area contributed by atoms with Gasteiger partial charge in [-0.3, -0.25) is 4.79 Å². The fraction of sp³-hybridized carbons (Fsp3) is 0.0667. The van der Waals surface area contributed by atoms with Gasteiger partial charge < -0.3 is 15.5 Å². The summed E-state index contributed by atoms with van der Waals surface area (Å²) in [5, 5.41) is 21.0. The maximum Gasteiger partial charge on any atom is 0.338 e. The van der Waals surface area contributed by atoms with E-state index in [1.165, 1.54) is 18.2 Å². The minimum absolute atomic E-state index is 0.0372. The minimum Gasteiger partial charge on any atom is -0.507 e. The molecule has 0 radical (unpaired) electrons. The first-order valence-electron chi connectivity index (χ1n) is 6.03. The van der Waals surface area contributed by atoms with Crippen molar-refractivity contribution in [1.82, 2.24) is 0 Å². The Kier molecular flexibility index (Phi) is 3.89. The molecule has 0 spiro atoms. The lowest BCUT2D eigenvalue weighted by molar-refractivity contribution is 0.0697. The lowest BCUT2D eigenvalue weighted by Crippen LogP contribution is -2.17. The molecule has 0 saturated carbocycles. The van der Waals surface area contributed by atoms with Gasteiger partial charge in [0.1, 0.15) is 17.1 Å². The van der Waals surface area contributed by atoms with Crippen molar-refractivity contribution in [2.45, 2.75) is 6.92 Å². The number of hydrogen-bond acceptors (Lipinski definition) is 3. The maximum atomic E-state index is 13.6. The van der Waals surface area contributed by atoms with Gasteiger partial charge in [0.25, 0.3) is 5.91 Å². The highest BCUT2D eigenvalue weighted by Gasteiger charge is 2.20. The smallest absolute Gasteiger partial charge is 0.338 e. The summed E-state index contributed by atoms with van der Waals surface area (Å²) in [7, 11) is 0. The first-order chi connectivity index (χ1) is 9.91. The second-order valence-electron chi connectivity index (χ2n) is 4.39. The Bertz CT molecular complexity index is 707. The zero-order chi connectivity index (χ0) is 15.6. The highest BCUT2D eigenvalue weighted by atomic mass is 19.1. The molecule has 2 aromatic carbocycles. The molecule has 0 bridgehead atoms. The van der Waals surface area contributed by atoms with E-state index >= 15 is 0 Å². The van der Waals surface area contributed by atoms with Crippen molar-refractivity contribution in [2.24, 2.45) is 0 Å². The van der Waals surface area contributed by atoms with Crippen molar-refractivity contribution in [3.05, 3.63) is 58.9 Å². The number of phenols is 1.